The normalized spacial score (nSPS) is 12.6. The molecule has 0 saturated carbocycles. The van der Waals surface area contributed by atoms with Crippen LogP contribution in [0.25, 0.3) is 0 Å². The van der Waals surface area contributed by atoms with E-state index in [1.165, 1.54) is 4.88 Å². The third-order valence-corrected chi connectivity index (χ3v) is 5.39. The number of rotatable bonds is 5. The van der Waals surface area contributed by atoms with Gasteiger partial charge in [-0.15, -0.1) is 11.3 Å². The maximum atomic E-state index is 6.30. The second-order valence-corrected chi connectivity index (χ2v) is 6.87. The molecule has 1 unspecified atom stereocenters. The summed E-state index contributed by atoms with van der Waals surface area (Å²) < 4.78 is 1.15. The number of nitrogens with one attached hydrogen (secondary N) is 1. The molecule has 0 aliphatic heterocycles. The van der Waals surface area contributed by atoms with Crippen LogP contribution in [0.15, 0.2) is 34.1 Å². The average Bonchev–Trinajstić information content (AvgIpc) is 2.78. The van der Waals surface area contributed by atoms with Gasteiger partial charge < -0.3 is 5.32 Å². The molecule has 102 valence electrons. The maximum absolute atomic E-state index is 6.30. The van der Waals surface area contributed by atoms with Gasteiger partial charge in [-0.3, -0.25) is 0 Å². The Hall–Kier alpha value is -0.0600. The first-order chi connectivity index (χ1) is 9.11. The summed E-state index contributed by atoms with van der Waals surface area (Å²) >= 11 is 17.7. The fourth-order valence-corrected chi connectivity index (χ4v) is 3.97. The van der Waals surface area contributed by atoms with Gasteiger partial charge in [-0.1, -0.05) is 30.1 Å². The van der Waals surface area contributed by atoms with Gasteiger partial charge in [0.2, 0.25) is 0 Å². The van der Waals surface area contributed by atoms with Crippen LogP contribution < -0.4 is 5.32 Å². The van der Waals surface area contributed by atoms with E-state index in [1.807, 2.05) is 18.2 Å². The highest BCUT2D eigenvalue weighted by molar-refractivity contribution is 9.10. The van der Waals surface area contributed by atoms with E-state index in [0.717, 1.165) is 28.0 Å². The van der Waals surface area contributed by atoms with Crippen molar-refractivity contribution in [3.8, 4) is 0 Å². The van der Waals surface area contributed by atoms with E-state index in [9.17, 15) is 0 Å². The Morgan fingerprint density at radius 2 is 2.11 bits per heavy atom. The lowest BCUT2D eigenvalue weighted by molar-refractivity contribution is 0.553. The van der Waals surface area contributed by atoms with Crippen LogP contribution in [0, 0.1) is 0 Å². The predicted molar refractivity (Wildman–Crippen MR) is 88.6 cm³/mol. The molecule has 1 N–H and O–H groups in total. The van der Waals surface area contributed by atoms with Gasteiger partial charge in [-0.05, 0) is 57.7 Å². The highest BCUT2D eigenvalue weighted by Crippen LogP contribution is 2.32. The van der Waals surface area contributed by atoms with E-state index in [1.54, 1.807) is 11.3 Å². The number of hydrogen-bond acceptors (Lipinski definition) is 2. The van der Waals surface area contributed by atoms with Gasteiger partial charge in [-0.2, -0.15) is 0 Å². The molecule has 5 heteroatoms. The van der Waals surface area contributed by atoms with Crippen LogP contribution in [0.2, 0.25) is 10.0 Å². The molecule has 2 rings (SSSR count). The molecule has 0 bridgehead atoms. The number of thiophene rings is 1. The van der Waals surface area contributed by atoms with Gasteiger partial charge in [0.1, 0.15) is 0 Å². The minimum absolute atomic E-state index is 0.172. The second kappa shape index (κ2) is 7.09. The molecule has 1 heterocycles. The highest BCUT2D eigenvalue weighted by atomic mass is 79.9. The van der Waals surface area contributed by atoms with Crippen molar-refractivity contribution in [3.05, 3.63) is 54.6 Å². The Morgan fingerprint density at radius 1 is 1.32 bits per heavy atom. The van der Waals surface area contributed by atoms with Crippen LogP contribution in [-0.2, 0) is 6.42 Å². The smallest absolute Gasteiger partial charge is 0.0454 e. The first-order valence-corrected chi connectivity index (χ1v) is 8.45. The molecule has 19 heavy (non-hydrogen) atoms. The molecule has 0 saturated heterocycles. The van der Waals surface area contributed by atoms with Crippen molar-refractivity contribution in [3.63, 3.8) is 0 Å². The fraction of sp³-hybridized carbons (Fsp3) is 0.286. The van der Waals surface area contributed by atoms with E-state index < -0.39 is 0 Å². The Balaban J connectivity index is 2.29. The Kier molecular flexibility index (Phi) is 5.72. The summed E-state index contributed by atoms with van der Waals surface area (Å²) in [5.41, 5.74) is 1.05. The van der Waals surface area contributed by atoms with Crippen LogP contribution in [0.4, 0.5) is 0 Å². The zero-order chi connectivity index (χ0) is 13.8. The van der Waals surface area contributed by atoms with E-state index in [0.29, 0.717) is 5.02 Å². The summed E-state index contributed by atoms with van der Waals surface area (Å²) in [6, 6.07) is 7.86. The van der Waals surface area contributed by atoms with E-state index >= 15 is 0 Å². The van der Waals surface area contributed by atoms with E-state index in [4.69, 9.17) is 23.2 Å². The molecule has 0 aliphatic carbocycles. The second-order valence-electron chi connectivity index (χ2n) is 4.17. The molecule has 1 nitrogen and oxygen atoms in total. The van der Waals surface area contributed by atoms with Crippen molar-refractivity contribution in [1.29, 1.82) is 0 Å². The molecule has 0 spiro atoms. The number of halogens is 3. The van der Waals surface area contributed by atoms with Gasteiger partial charge in [0.25, 0.3) is 0 Å². The number of benzene rings is 1. The minimum atomic E-state index is 0.172. The largest absolute Gasteiger partial charge is 0.310 e. The first kappa shape index (κ1) is 15.3. The van der Waals surface area contributed by atoms with Gasteiger partial charge >= 0.3 is 0 Å². The molecule has 1 atom stereocenters. The maximum Gasteiger partial charge on any atom is 0.0454 e. The third kappa shape index (κ3) is 3.96. The van der Waals surface area contributed by atoms with E-state index in [-0.39, 0.29) is 6.04 Å². The van der Waals surface area contributed by atoms with Crippen molar-refractivity contribution in [2.24, 2.45) is 0 Å². The molecular formula is C14H14BrCl2NS. The molecule has 1 aromatic heterocycles. The zero-order valence-electron chi connectivity index (χ0n) is 10.4. The lowest BCUT2D eigenvalue weighted by Crippen LogP contribution is -2.23. The monoisotopic (exact) mass is 377 g/mol. The van der Waals surface area contributed by atoms with Crippen LogP contribution >= 0.6 is 50.5 Å². The Labute approximate surface area is 136 Å². The van der Waals surface area contributed by atoms with Crippen molar-refractivity contribution in [2.45, 2.75) is 19.4 Å². The van der Waals surface area contributed by atoms with Crippen LogP contribution in [-0.4, -0.2) is 6.54 Å². The average molecular weight is 379 g/mol. The van der Waals surface area contributed by atoms with Gasteiger partial charge in [0.15, 0.2) is 0 Å². The number of hydrogen-bond donors (Lipinski definition) is 1. The lowest BCUT2D eigenvalue weighted by Gasteiger charge is -2.19. The fourth-order valence-electron chi connectivity index (χ4n) is 1.98. The quantitative estimate of drug-likeness (QED) is 0.702. The zero-order valence-corrected chi connectivity index (χ0v) is 14.3. The number of likely N-dealkylation sites (N-methyl/N-ethyl adjacent to an activating group) is 1. The summed E-state index contributed by atoms with van der Waals surface area (Å²) in [4.78, 5) is 1.31. The van der Waals surface area contributed by atoms with Crippen molar-refractivity contribution < 1.29 is 0 Å². The molecule has 2 aromatic rings. The lowest BCUT2D eigenvalue weighted by atomic mass is 10.0. The Bertz CT molecular complexity index is 556. The minimum Gasteiger partial charge on any atom is -0.310 e. The molecule has 0 radical (unpaired) electrons. The third-order valence-electron chi connectivity index (χ3n) is 2.86. The summed E-state index contributed by atoms with van der Waals surface area (Å²) in [6.07, 6.45) is 0.895. The molecule has 0 fully saturated rings. The van der Waals surface area contributed by atoms with E-state index in [2.05, 4.69) is 39.6 Å². The summed E-state index contributed by atoms with van der Waals surface area (Å²) in [6.45, 7) is 2.98. The van der Waals surface area contributed by atoms with Crippen LogP contribution in [0.3, 0.4) is 0 Å². The standard InChI is InChI=1S/C14H14BrCl2NS/c1-2-18-13(8-14-11(15)5-6-19-14)10-7-9(16)3-4-12(10)17/h3-7,13,18H,2,8H2,1H3. The van der Waals surface area contributed by atoms with Crippen LogP contribution in [0.1, 0.15) is 23.4 Å². The van der Waals surface area contributed by atoms with Gasteiger partial charge in [0.05, 0.1) is 0 Å². The summed E-state index contributed by atoms with van der Waals surface area (Å²) in [5, 5.41) is 7.03. The van der Waals surface area contributed by atoms with Gasteiger partial charge in [-0.25, -0.2) is 0 Å². The van der Waals surface area contributed by atoms with Crippen molar-refractivity contribution in [2.75, 3.05) is 6.54 Å². The summed E-state index contributed by atoms with van der Waals surface area (Å²) in [5.74, 6) is 0. The SMILES string of the molecule is CCNC(Cc1sccc1Br)c1cc(Cl)ccc1Cl. The highest BCUT2D eigenvalue weighted by Gasteiger charge is 2.17. The van der Waals surface area contributed by atoms with Crippen molar-refractivity contribution >= 4 is 50.5 Å². The van der Waals surface area contributed by atoms with Gasteiger partial charge in [0, 0.05) is 31.9 Å². The Morgan fingerprint density at radius 3 is 2.74 bits per heavy atom. The molecule has 1 aromatic carbocycles. The van der Waals surface area contributed by atoms with Crippen molar-refractivity contribution in [1.82, 2.24) is 5.32 Å². The molecule has 0 aliphatic rings. The molecule has 0 amide bonds. The summed E-state index contributed by atoms with van der Waals surface area (Å²) in [7, 11) is 0. The first-order valence-electron chi connectivity index (χ1n) is 6.02. The molecular weight excluding hydrogens is 365 g/mol. The topological polar surface area (TPSA) is 12.0 Å². The van der Waals surface area contributed by atoms with Crippen LogP contribution in [0.5, 0.6) is 0 Å². The predicted octanol–water partition coefficient (Wildman–Crippen LogP) is 5.71.